The van der Waals surface area contributed by atoms with Crippen LogP contribution in [-0.4, -0.2) is 29.4 Å². The molecule has 1 N–H and O–H groups in total. The van der Waals surface area contributed by atoms with Crippen LogP contribution in [0.4, 0.5) is 0 Å². The molecule has 26 heavy (non-hydrogen) atoms. The number of hydrogen-bond acceptors (Lipinski definition) is 5. The van der Waals surface area contributed by atoms with Gasteiger partial charge in [0.05, 0.1) is 11.1 Å². The molecular weight excluding hydrogens is 332 g/mol. The Morgan fingerprint density at radius 2 is 1.69 bits per heavy atom. The van der Waals surface area contributed by atoms with E-state index in [0.29, 0.717) is 27.7 Å². The number of esters is 1. The van der Waals surface area contributed by atoms with Gasteiger partial charge in [-0.15, -0.1) is 0 Å². The van der Waals surface area contributed by atoms with Crippen molar-refractivity contribution in [3.05, 3.63) is 77.5 Å². The number of imide groups is 1. The lowest BCUT2D eigenvalue weighted by Gasteiger charge is -2.08. The summed E-state index contributed by atoms with van der Waals surface area (Å²) in [6.45, 7) is 1.22. The Bertz CT molecular complexity index is 984. The van der Waals surface area contributed by atoms with Crippen LogP contribution in [0.3, 0.4) is 0 Å². The van der Waals surface area contributed by atoms with E-state index in [2.05, 4.69) is 10.3 Å². The molecule has 0 saturated carbocycles. The van der Waals surface area contributed by atoms with Crippen molar-refractivity contribution in [1.82, 2.24) is 10.3 Å². The van der Waals surface area contributed by atoms with Gasteiger partial charge in [0.2, 0.25) is 0 Å². The third kappa shape index (κ3) is 3.92. The van der Waals surface area contributed by atoms with Crippen molar-refractivity contribution >= 4 is 28.7 Å². The molecule has 6 nitrogen and oxygen atoms in total. The number of aromatic nitrogens is 1. The largest absolute Gasteiger partial charge is 0.452 e. The second kappa shape index (κ2) is 7.57. The fraction of sp³-hybridized carbons (Fsp3) is 0.100. The van der Waals surface area contributed by atoms with Crippen molar-refractivity contribution in [2.24, 2.45) is 0 Å². The average Bonchev–Trinajstić information content (AvgIpc) is 2.66. The van der Waals surface area contributed by atoms with E-state index in [9.17, 15) is 14.4 Å². The molecule has 0 fully saturated rings. The Hall–Kier alpha value is -3.54. The minimum Gasteiger partial charge on any atom is -0.452 e. The molecule has 3 rings (SSSR count). The highest BCUT2D eigenvalue weighted by atomic mass is 16.5. The molecular formula is C20H16N2O4. The zero-order valence-corrected chi connectivity index (χ0v) is 14.1. The van der Waals surface area contributed by atoms with Crippen LogP contribution >= 0.6 is 0 Å². The summed E-state index contributed by atoms with van der Waals surface area (Å²) < 4.78 is 5.06. The predicted octanol–water partition coefficient (Wildman–Crippen LogP) is 2.66. The smallest absolute Gasteiger partial charge is 0.339 e. The second-order valence-electron chi connectivity index (χ2n) is 5.65. The SMILES string of the molecule is Cc1cc(C(=O)OCC(=O)NC(=O)c2ccccc2)c2ccccc2n1. The molecule has 2 amide bonds. The number of nitrogens with zero attached hydrogens (tertiary/aromatic N) is 1. The third-order valence-electron chi connectivity index (χ3n) is 3.69. The van der Waals surface area contributed by atoms with E-state index in [-0.39, 0.29) is 0 Å². The highest BCUT2D eigenvalue weighted by Gasteiger charge is 2.16. The van der Waals surface area contributed by atoms with E-state index < -0.39 is 24.4 Å². The monoisotopic (exact) mass is 348 g/mol. The van der Waals surface area contributed by atoms with Crippen LogP contribution in [0.2, 0.25) is 0 Å². The topological polar surface area (TPSA) is 85.4 Å². The summed E-state index contributed by atoms with van der Waals surface area (Å²) in [5.74, 6) is -1.88. The number of amides is 2. The third-order valence-corrected chi connectivity index (χ3v) is 3.69. The number of aryl methyl sites for hydroxylation is 1. The van der Waals surface area contributed by atoms with Gasteiger partial charge >= 0.3 is 5.97 Å². The van der Waals surface area contributed by atoms with Crippen molar-refractivity contribution in [3.63, 3.8) is 0 Å². The van der Waals surface area contributed by atoms with Crippen molar-refractivity contribution in [2.75, 3.05) is 6.61 Å². The fourth-order valence-corrected chi connectivity index (χ4v) is 2.51. The van der Waals surface area contributed by atoms with Gasteiger partial charge in [0.1, 0.15) is 0 Å². The molecule has 130 valence electrons. The molecule has 0 unspecified atom stereocenters. The molecule has 0 saturated heterocycles. The van der Waals surface area contributed by atoms with Gasteiger partial charge in [-0.2, -0.15) is 0 Å². The van der Waals surface area contributed by atoms with Gasteiger partial charge < -0.3 is 4.74 Å². The van der Waals surface area contributed by atoms with Crippen LogP contribution < -0.4 is 5.32 Å². The first-order valence-corrected chi connectivity index (χ1v) is 7.97. The molecule has 0 aliphatic rings. The first-order chi connectivity index (χ1) is 12.5. The Kier molecular flexibility index (Phi) is 5.03. The number of pyridine rings is 1. The Morgan fingerprint density at radius 3 is 2.46 bits per heavy atom. The summed E-state index contributed by atoms with van der Waals surface area (Å²) in [5.41, 5.74) is 2.01. The number of ether oxygens (including phenoxy) is 1. The summed E-state index contributed by atoms with van der Waals surface area (Å²) in [4.78, 5) is 40.5. The summed E-state index contributed by atoms with van der Waals surface area (Å²) in [6, 6.07) is 17.1. The van der Waals surface area contributed by atoms with Crippen molar-refractivity contribution < 1.29 is 19.1 Å². The summed E-state index contributed by atoms with van der Waals surface area (Å²) >= 11 is 0. The van der Waals surface area contributed by atoms with E-state index in [0.717, 1.165) is 0 Å². The van der Waals surface area contributed by atoms with E-state index in [1.54, 1.807) is 61.5 Å². The maximum absolute atomic E-state index is 12.4. The molecule has 6 heteroatoms. The molecule has 0 bridgehead atoms. The molecule has 0 radical (unpaired) electrons. The number of fused-ring (bicyclic) bond motifs is 1. The Labute approximate surface area is 149 Å². The first-order valence-electron chi connectivity index (χ1n) is 7.97. The number of rotatable bonds is 4. The van der Waals surface area contributed by atoms with Crippen molar-refractivity contribution in [1.29, 1.82) is 0 Å². The zero-order valence-electron chi connectivity index (χ0n) is 14.1. The summed E-state index contributed by atoms with van der Waals surface area (Å²) in [5, 5.41) is 2.83. The van der Waals surface area contributed by atoms with Gasteiger partial charge in [0.25, 0.3) is 11.8 Å². The lowest BCUT2D eigenvalue weighted by atomic mass is 10.1. The van der Waals surface area contributed by atoms with Gasteiger partial charge in [-0.1, -0.05) is 36.4 Å². The van der Waals surface area contributed by atoms with Gasteiger partial charge in [0.15, 0.2) is 6.61 Å². The Morgan fingerprint density at radius 1 is 1.00 bits per heavy atom. The Balaban J connectivity index is 1.66. The molecule has 3 aromatic rings. The van der Waals surface area contributed by atoms with Gasteiger partial charge in [-0.3, -0.25) is 19.9 Å². The predicted molar refractivity (Wildman–Crippen MR) is 95.7 cm³/mol. The lowest BCUT2D eigenvalue weighted by molar-refractivity contribution is -0.123. The number of hydrogen-bond donors (Lipinski definition) is 1. The molecule has 0 spiro atoms. The maximum Gasteiger partial charge on any atom is 0.339 e. The molecule has 1 heterocycles. The number of carbonyl (C=O) groups excluding carboxylic acids is 3. The number of nitrogens with one attached hydrogen (secondary N) is 1. The standard InChI is InChI=1S/C20H16N2O4/c1-13-11-16(15-9-5-6-10-17(15)21-13)20(25)26-12-18(23)22-19(24)14-7-3-2-4-8-14/h2-11H,12H2,1H3,(H,22,23,24). The maximum atomic E-state index is 12.4. The van der Waals surface area contributed by atoms with Gasteiger partial charge in [-0.25, -0.2) is 4.79 Å². The van der Waals surface area contributed by atoms with E-state index in [1.807, 2.05) is 6.07 Å². The highest BCUT2D eigenvalue weighted by Crippen LogP contribution is 2.19. The summed E-state index contributed by atoms with van der Waals surface area (Å²) in [6.07, 6.45) is 0. The molecule has 2 aromatic carbocycles. The average molecular weight is 348 g/mol. The lowest BCUT2D eigenvalue weighted by Crippen LogP contribution is -2.34. The van der Waals surface area contributed by atoms with Crippen LogP contribution in [0.5, 0.6) is 0 Å². The highest BCUT2D eigenvalue weighted by molar-refractivity contribution is 6.07. The van der Waals surface area contributed by atoms with Crippen LogP contribution in [0.25, 0.3) is 10.9 Å². The van der Waals surface area contributed by atoms with E-state index >= 15 is 0 Å². The molecule has 0 atom stereocenters. The summed E-state index contributed by atoms with van der Waals surface area (Å²) in [7, 11) is 0. The van der Waals surface area contributed by atoms with Gasteiger partial charge in [0, 0.05) is 16.6 Å². The van der Waals surface area contributed by atoms with E-state index in [4.69, 9.17) is 4.74 Å². The quantitative estimate of drug-likeness (QED) is 0.733. The normalized spacial score (nSPS) is 10.3. The van der Waals surface area contributed by atoms with Crippen LogP contribution in [0.15, 0.2) is 60.7 Å². The fourth-order valence-electron chi connectivity index (χ4n) is 2.51. The van der Waals surface area contributed by atoms with Crippen LogP contribution in [0, 0.1) is 6.92 Å². The zero-order chi connectivity index (χ0) is 18.5. The minimum atomic E-state index is -0.692. The van der Waals surface area contributed by atoms with Gasteiger partial charge in [-0.05, 0) is 31.2 Å². The molecule has 0 aliphatic heterocycles. The number of carbonyl (C=O) groups is 3. The molecule has 0 aliphatic carbocycles. The van der Waals surface area contributed by atoms with E-state index in [1.165, 1.54) is 0 Å². The number of benzene rings is 2. The van der Waals surface area contributed by atoms with Crippen LogP contribution in [-0.2, 0) is 9.53 Å². The van der Waals surface area contributed by atoms with Crippen LogP contribution in [0.1, 0.15) is 26.4 Å². The minimum absolute atomic E-state index is 0.329. The second-order valence-corrected chi connectivity index (χ2v) is 5.65. The van der Waals surface area contributed by atoms with Crippen molar-refractivity contribution in [2.45, 2.75) is 6.92 Å². The number of para-hydroxylation sites is 1. The van der Waals surface area contributed by atoms with Crippen molar-refractivity contribution in [3.8, 4) is 0 Å². The molecule has 1 aromatic heterocycles. The first kappa shape index (κ1) is 17.3.